The van der Waals surface area contributed by atoms with Crippen molar-refractivity contribution in [2.24, 2.45) is 0 Å². The molecule has 5 heteroatoms. The summed E-state index contributed by atoms with van der Waals surface area (Å²) in [6, 6.07) is 12.4. The first-order valence-corrected chi connectivity index (χ1v) is 7.77. The first kappa shape index (κ1) is 17.5. The van der Waals surface area contributed by atoms with Crippen LogP contribution in [0.15, 0.2) is 42.5 Å². The fourth-order valence-electron chi connectivity index (χ4n) is 2.12. The van der Waals surface area contributed by atoms with Crippen LogP contribution in [0.3, 0.4) is 0 Å². The minimum atomic E-state index is -0.469. The summed E-state index contributed by atoms with van der Waals surface area (Å²) in [7, 11) is 0. The number of ether oxygens (including phenoxy) is 2. The molecule has 24 heavy (non-hydrogen) atoms. The first-order valence-electron chi connectivity index (χ1n) is 7.77. The van der Waals surface area contributed by atoms with Gasteiger partial charge in [-0.2, -0.15) is 0 Å². The van der Waals surface area contributed by atoms with E-state index in [0.717, 1.165) is 11.1 Å². The standard InChI is InChI=1S/C19H21NO4/c1-4-23-19(22)16-7-5-6-8-17(16)20-18(21)12-24-15-10-9-13(2)14(3)11-15/h5-11H,4,12H2,1-3H3,(H,20,21). The summed E-state index contributed by atoms with van der Waals surface area (Å²) in [5, 5.41) is 2.68. The Morgan fingerprint density at radius 2 is 1.79 bits per heavy atom. The second-order valence-corrected chi connectivity index (χ2v) is 5.35. The van der Waals surface area contributed by atoms with Crippen LogP contribution in [0.1, 0.15) is 28.4 Å². The topological polar surface area (TPSA) is 64.6 Å². The van der Waals surface area contributed by atoms with Gasteiger partial charge in [0.05, 0.1) is 17.9 Å². The van der Waals surface area contributed by atoms with E-state index in [4.69, 9.17) is 9.47 Å². The molecule has 0 radical (unpaired) electrons. The number of aryl methyl sites for hydroxylation is 2. The Morgan fingerprint density at radius 1 is 1.04 bits per heavy atom. The zero-order valence-corrected chi connectivity index (χ0v) is 14.1. The molecule has 126 valence electrons. The molecule has 5 nitrogen and oxygen atoms in total. The number of anilines is 1. The number of nitrogens with one attached hydrogen (secondary N) is 1. The molecule has 0 aliphatic carbocycles. The summed E-state index contributed by atoms with van der Waals surface area (Å²) >= 11 is 0. The van der Waals surface area contributed by atoms with Gasteiger partial charge in [0.15, 0.2) is 6.61 Å². The van der Waals surface area contributed by atoms with E-state index in [1.54, 1.807) is 31.2 Å². The van der Waals surface area contributed by atoms with Crippen molar-refractivity contribution in [1.29, 1.82) is 0 Å². The smallest absolute Gasteiger partial charge is 0.340 e. The van der Waals surface area contributed by atoms with Gasteiger partial charge in [0, 0.05) is 0 Å². The van der Waals surface area contributed by atoms with Gasteiger partial charge in [-0.1, -0.05) is 18.2 Å². The van der Waals surface area contributed by atoms with Gasteiger partial charge in [-0.15, -0.1) is 0 Å². The van der Waals surface area contributed by atoms with Crippen molar-refractivity contribution in [2.75, 3.05) is 18.5 Å². The van der Waals surface area contributed by atoms with Gasteiger partial charge in [-0.05, 0) is 56.2 Å². The van der Waals surface area contributed by atoms with Crippen molar-refractivity contribution < 1.29 is 19.1 Å². The van der Waals surface area contributed by atoms with E-state index in [1.807, 2.05) is 32.0 Å². The van der Waals surface area contributed by atoms with Gasteiger partial charge in [-0.3, -0.25) is 4.79 Å². The van der Waals surface area contributed by atoms with Gasteiger partial charge in [0.1, 0.15) is 5.75 Å². The monoisotopic (exact) mass is 327 g/mol. The minimum absolute atomic E-state index is 0.139. The molecule has 0 fully saturated rings. The minimum Gasteiger partial charge on any atom is -0.484 e. The van der Waals surface area contributed by atoms with Crippen LogP contribution in [0, 0.1) is 13.8 Å². The zero-order chi connectivity index (χ0) is 17.5. The van der Waals surface area contributed by atoms with Gasteiger partial charge < -0.3 is 14.8 Å². The average Bonchev–Trinajstić information content (AvgIpc) is 2.56. The molecule has 0 aromatic heterocycles. The maximum Gasteiger partial charge on any atom is 0.340 e. The molecule has 2 rings (SSSR count). The van der Waals surface area contributed by atoms with Crippen LogP contribution in [-0.4, -0.2) is 25.1 Å². The van der Waals surface area contributed by atoms with Crippen LogP contribution >= 0.6 is 0 Å². The SMILES string of the molecule is CCOC(=O)c1ccccc1NC(=O)COc1ccc(C)c(C)c1. The van der Waals surface area contributed by atoms with Crippen LogP contribution in [0.2, 0.25) is 0 Å². The normalized spacial score (nSPS) is 10.1. The molecule has 0 heterocycles. The average molecular weight is 327 g/mol. The van der Waals surface area contributed by atoms with Crippen LogP contribution in [0.5, 0.6) is 5.75 Å². The molecule has 0 saturated heterocycles. The predicted molar refractivity (Wildman–Crippen MR) is 92.4 cm³/mol. The number of rotatable bonds is 6. The fourth-order valence-corrected chi connectivity index (χ4v) is 2.12. The lowest BCUT2D eigenvalue weighted by atomic mass is 10.1. The fraction of sp³-hybridized carbons (Fsp3) is 0.263. The third kappa shape index (κ3) is 4.59. The highest BCUT2D eigenvalue weighted by Gasteiger charge is 2.14. The van der Waals surface area contributed by atoms with E-state index in [1.165, 1.54) is 0 Å². The maximum absolute atomic E-state index is 12.1. The second kappa shape index (κ2) is 8.15. The summed E-state index contributed by atoms with van der Waals surface area (Å²) in [5.41, 5.74) is 2.99. The lowest BCUT2D eigenvalue weighted by Crippen LogP contribution is -2.22. The maximum atomic E-state index is 12.1. The van der Waals surface area contributed by atoms with Crippen LogP contribution in [0.25, 0.3) is 0 Å². The molecule has 0 unspecified atom stereocenters. The lowest BCUT2D eigenvalue weighted by molar-refractivity contribution is -0.118. The quantitative estimate of drug-likeness (QED) is 0.825. The van der Waals surface area contributed by atoms with Crippen molar-refractivity contribution in [1.82, 2.24) is 0 Å². The Balaban J connectivity index is 1.99. The molecule has 0 aliphatic heterocycles. The Kier molecular flexibility index (Phi) is 5.95. The number of para-hydroxylation sites is 1. The molecule has 2 aromatic rings. The number of hydrogen-bond acceptors (Lipinski definition) is 4. The Labute approximate surface area is 141 Å². The summed E-state index contributed by atoms with van der Waals surface area (Å²) < 4.78 is 10.5. The molecule has 1 N–H and O–H groups in total. The molecule has 0 spiro atoms. The van der Waals surface area contributed by atoms with Gasteiger partial charge in [0.2, 0.25) is 0 Å². The van der Waals surface area contributed by atoms with E-state index in [9.17, 15) is 9.59 Å². The highest BCUT2D eigenvalue weighted by atomic mass is 16.5. The number of amides is 1. The summed E-state index contributed by atoms with van der Waals surface area (Å²) in [6.07, 6.45) is 0. The number of esters is 1. The van der Waals surface area contributed by atoms with Crippen molar-refractivity contribution in [3.05, 3.63) is 59.2 Å². The number of carbonyl (C=O) groups excluding carboxylic acids is 2. The van der Waals surface area contributed by atoms with Crippen LogP contribution in [0.4, 0.5) is 5.69 Å². The number of carbonyl (C=O) groups is 2. The van der Waals surface area contributed by atoms with E-state index in [2.05, 4.69) is 5.32 Å². The Bertz CT molecular complexity index is 740. The molecule has 0 aliphatic rings. The molecule has 0 bridgehead atoms. The largest absolute Gasteiger partial charge is 0.484 e. The molecular weight excluding hydrogens is 306 g/mol. The predicted octanol–water partition coefficient (Wildman–Crippen LogP) is 3.50. The van der Waals surface area contributed by atoms with E-state index in [0.29, 0.717) is 17.0 Å². The third-order valence-corrected chi connectivity index (χ3v) is 3.54. The second-order valence-electron chi connectivity index (χ2n) is 5.35. The highest BCUT2D eigenvalue weighted by molar-refractivity contribution is 6.01. The van der Waals surface area contributed by atoms with Gasteiger partial charge in [-0.25, -0.2) is 4.79 Å². The van der Waals surface area contributed by atoms with E-state index in [-0.39, 0.29) is 19.1 Å². The van der Waals surface area contributed by atoms with Gasteiger partial charge in [0.25, 0.3) is 5.91 Å². The first-order chi connectivity index (χ1) is 11.5. The molecule has 0 atom stereocenters. The van der Waals surface area contributed by atoms with Gasteiger partial charge >= 0.3 is 5.97 Å². The van der Waals surface area contributed by atoms with Crippen LogP contribution in [-0.2, 0) is 9.53 Å². The van der Waals surface area contributed by atoms with Crippen molar-refractivity contribution in [3.63, 3.8) is 0 Å². The molecule has 1 amide bonds. The van der Waals surface area contributed by atoms with Crippen molar-refractivity contribution >= 4 is 17.6 Å². The zero-order valence-electron chi connectivity index (χ0n) is 14.1. The number of benzene rings is 2. The Morgan fingerprint density at radius 3 is 2.50 bits per heavy atom. The lowest BCUT2D eigenvalue weighted by Gasteiger charge is -2.11. The molecule has 0 saturated carbocycles. The van der Waals surface area contributed by atoms with E-state index < -0.39 is 5.97 Å². The van der Waals surface area contributed by atoms with Crippen LogP contribution < -0.4 is 10.1 Å². The third-order valence-electron chi connectivity index (χ3n) is 3.54. The number of hydrogen-bond donors (Lipinski definition) is 1. The van der Waals surface area contributed by atoms with E-state index >= 15 is 0 Å². The summed E-state index contributed by atoms with van der Waals surface area (Å²) in [6.45, 7) is 5.86. The molecular formula is C19H21NO4. The molecule has 2 aromatic carbocycles. The summed E-state index contributed by atoms with van der Waals surface area (Å²) in [5.74, 6) is -0.180. The van der Waals surface area contributed by atoms with Crippen molar-refractivity contribution in [3.8, 4) is 5.75 Å². The highest BCUT2D eigenvalue weighted by Crippen LogP contribution is 2.18. The Hall–Kier alpha value is -2.82. The van der Waals surface area contributed by atoms with Crippen molar-refractivity contribution in [2.45, 2.75) is 20.8 Å². The summed E-state index contributed by atoms with van der Waals surface area (Å²) in [4.78, 5) is 24.0.